The van der Waals surface area contributed by atoms with Gasteiger partial charge in [-0.1, -0.05) is 20.3 Å². The van der Waals surface area contributed by atoms with Gasteiger partial charge in [-0.25, -0.2) is 0 Å². The van der Waals surface area contributed by atoms with E-state index in [1.165, 1.54) is 6.07 Å². The van der Waals surface area contributed by atoms with E-state index in [1.807, 2.05) is 6.92 Å². The first-order valence-corrected chi connectivity index (χ1v) is 6.11. The number of halogens is 3. The lowest BCUT2D eigenvalue weighted by Crippen LogP contribution is -2.19. The van der Waals surface area contributed by atoms with Crippen LogP contribution in [0.25, 0.3) is 0 Å². The molecule has 0 bridgehead atoms. The molecule has 1 unspecified atom stereocenters. The molecule has 0 radical (unpaired) electrons. The van der Waals surface area contributed by atoms with Crippen molar-refractivity contribution in [2.45, 2.75) is 45.3 Å². The molecule has 0 spiro atoms. The van der Waals surface area contributed by atoms with Crippen LogP contribution in [0.1, 0.15) is 38.7 Å². The van der Waals surface area contributed by atoms with Gasteiger partial charge in [0.15, 0.2) is 0 Å². The Morgan fingerprint density at radius 2 is 1.94 bits per heavy atom. The highest BCUT2D eigenvalue weighted by atomic mass is 19.4. The highest BCUT2D eigenvalue weighted by molar-refractivity contribution is 5.67. The van der Waals surface area contributed by atoms with Gasteiger partial charge in [0.1, 0.15) is 0 Å². The number of hydrogen-bond donors (Lipinski definition) is 2. The minimum atomic E-state index is -4.35. The number of hydrogen-bond acceptors (Lipinski definition) is 2. The lowest BCUT2D eigenvalue weighted by molar-refractivity contribution is -0.137. The summed E-state index contributed by atoms with van der Waals surface area (Å²) in [7, 11) is 0. The summed E-state index contributed by atoms with van der Waals surface area (Å²) in [5.74, 6) is 0. The molecule has 102 valence electrons. The quantitative estimate of drug-likeness (QED) is 0.775. The van der Waals surface area contributed by atoms with E-state index in [4.69, 9.17) is 5.73 Å². The van der Waals surface area contributed by atoms with E-state index in [0.717, 1.165) is 31.4 Å². The van der Waals surface area contributed by atoms with Crippen LogP contribution in [0.2, 0.25) is 0 Å². The van der Waals surface area contributed by atoms with Gasteiger partial charge in [0.2, 0.25) is 0 Å². The van der Waals surface area contributed by atoms with Crippen molar-refractivity contribution in [3.63, 3.8) is 0 Å². The molecule has 0 heterocycles. The van der Waals surface area contributed by atoms with E-state index in [9.17, 15) is 13.2 Å². The van der Waals surface area contributed by atoms with Crippen LogP contribution in [-0.2, 0) is 6.18 Å². The molecular weight excluding hydrogens is 241 g/mol. The molecule has 5 heteroatoms. The van der Waals surface area contributed by atoms with Gasteiger partial charge >= 0.3 is 6.18 Å². The van der Waals surface area contributed by atoms with Gasteiger partial charge in [0.25, 0.3) is 0 Å². The Hall–Kier alpha value is -1.39. The molecule has 0 aromatic heterocycles. The fraction of sp³-hybridized carbons (Fsp3) is 0.538. The van der Waals surface area contributed by atoms with Crippen molar-refractivity contribution in [1.82, 2.24) is 0 Å². The summed E-state index contributed by atoms with van der Waals surface area (Å²) in [5.41, 5.74) is 5.65. The molecule has 1 aromatic carbocycles. The standard InChI is InChI=1S/C13H19F3N2/c1-3-5-10(4-2)18-12-7-6-9(8-11(12)17)13(14,15)16/h6-8,10,18H,3-5,17H2,1-2H3. The number of nitrogen functional groups attached to an aromatic ring is 1. The number of nitrogens with two attached hydrogens (primary N) is 1. The zero-order valence-corrected chi connectivity index (χ0v) is 10.6. The Kier molecular flexibility index (Phi) is 4.87. The van der Waals surface area contributed by atoms with Crippen molar-refractivity contribution in [2.24, 2.45) is 0 Å². The van der Waals surface area contributed by atoms with E-state index in [1.54, 1.807) is 0 Å². The van der Waals surface area contributed by atoms with Crippen LogP contribution in [0.5, 0.6) is 0 Å². The number of benzene rings is 1. The molecule has 0 fully saturated rings. The first kappa shape index (κ1) is 14.7. The Balaban J connectivity index is 2.85. The maximum Gasteiger partial charge on any atom is 0.416 e. The summed E-state index contributed by atoms with van der Waals surface area (Å²) < 4.78 is 37.4. The molecule has 0 amide bonds. The molecule has 2 nitrogen and oxygen atoms in total. The third-order valence-electron chi connectivity index (χ3n) is 2.87. The molecule has 1 atom stereocenters. The summed E-state index contributed by atoms with van der Waals surface area (Å²) in [5, 5.41) is 3.18. The molecule has 1 rings (SSSR count). The van der Waals surface area contributed by atoms with Gasteiger partial charge in [0, 0.05) is 6.04 Å². The number of alkyl halides is 3. The van der Waals surface area contributed by atoms with Gasteiger partial charge in [-0.2, -0.15) is 13.2 Å². The Morgan fingerprint density at radius 3 is 2.39 bits per heavy atom. The van der Waals surface area contributed by atoms with Gasteiger partial charge < -0.3 is 11.1 Å². The lowest BCUT2D eigenvalue weighted by Gasteiger charge is -2.19. The summed E-state index contributed by atoms with van der Waals surface area (Å²) in [6.45, 7) is 4.11. The Labute approximate surface area is 105 Å². The third kappa shape index (κ3) is 3.82. The summed E-state index contributed by atoms with van der Waals surface area (Å²) in [6, 6.07) is 3.67. The van der Waals surface area contributed by atoms with Gasteiger partial charge in [-0.3, -0.25) is 0 Å². The molecule has 18 heavy (non-hydrogen) atoms. The van der Waals surface area contributed by atoms with Gasteiger partial charge in [0.05, 0.1) is 16.9 Å². The average molecular weight is 260 g/mol. The van der Waals surface area contributed by atoms with E-state index in [2.05, 4.69) is 12.2 Å². The van der Waals surface area contributed by atoms with Gasteiger partial charge in [-0.15, -0.1) is 0 Å². The second kappa shape index (κ2) is 5.98. The number of rotatable bonds is 5. The van der Waals surface area contributed by atoms with E-state index >= 15 is 0 Å². The fourth-order valence-corrected chi connectivity index (χ4v) is 1.82. The van der Waals surface area contributed by atoms with Crippen LogP contribution in [0, 0.1) is 0 Å². The van der Waals surface area contributed by atoms with Crippen LogP contribution in [0.4, 0.5) is 24.5 Å². The summed E-state index contributed by atoms with van der Waals surface area (Å²) >= 11 is 0. The molecule has 0 saturated carbocycles. The minimum absolute atomic E-state index is 0.138. The molecular formula is C13H19F3N2. The summed E-state index contributed by atoms with van der Waals surface area (Å²) in [4.78, 5) is 0. The maximum absolute atomic E-state index is 12.5. The SMILES string of the molecule is CCCC(CC)Nc1ccc(C(F)(F)F)cc1N. The molecule has 0 aliphatic carbocycles. The monoisotopic (exact) mass is 260 g/mol. The second-order valence-corrected chi connectivity index (χ2v) is 4.34. The van der Waals surface area contributed by atoms with Crippen LogP contribution in [0.15, 0.2) is 18.2 Å². The molecule has 3 N–H and O–H groups in total. The Bertz CT molecular complexity index is 388. The van der Waals surface area contributed by atoms with Crippen molar-refractivity contribution in [3.05, 3.63) is 23.8 Å². The zero-order chi connectivity index (χ0) is 13.8. The first-order chi connectivity index (χ1) is 8.38. The maximum atomic E-state index is 12.5. The highest BCUT2D eigenvalue weighted by Gasteiger charge is 2.30. The van der Waals surface area contributed by atoms with Crippen LogP contribution >= 0.6 is 0 Å². The number of anilines is 2. The lowest BCUT2D eigenvalue weighted by atomic mass is 10.1. The molecule has 0 aliphatic rings. The van der Waals surface area contributed by atoms with Crippen molar-refractivity contribution in [2.75, 3.05) is 11.1 Å². The largest absolute Gasteiger partial charge is 0.416 e. The second-order valence-electron chi connectivity index (χ2n) is 4.34. The van der Waals surface area contributed by atoms with Crippen LogP contribution in [-0.4, -0.2) is 6.04 Å². The minimum Gasteiger partial charge on any atom is -0.397 e. The molecule has 1 aromatic rings. The molecule has 0 saturated heterocycles. The van der Waals surface area contributed by atoms with E-state index in [-0.39, 0.29) is 11.7 Å². The predicted octanol–water partition coefficient (Wildman–Crippen LogP) is 4.28. The smallest absolute Gasteiger partial charge is 0.397 e. The average Bonchev–Trinajstić information content (AvgIpc) is 2.29. The van der Waals surface area contributed by atoms with Crippen LogP contribution < -0.4 is 11.1 Å². The Morgan fingerprint density at radius 1 is 1.28 bits per heavy atom. The normalized spacial score (nSPS) is 13.4. The summed E-state index contributed by atoms with van der Waals surface area (Å²) in [6.07, 6.45) is -1.45. The highest BCUT2D eigenvalue weighted by Crippen LogP contribution is 2.33. The van der Waals surface area contributed by atoms with E-state index in [0.29, 0.717) is 5.69 Å². The van der Waals surface area contributed by atoms with Crippen molar-refractivity contribution < 1.29 is 13.2 Å². The topological polar surface area (TPSA) is 38.0 Å². The number of nitrogens with one attached hydrogen (secondary N) is 1. The van der Waals surface area contributed by atoms with Crippen molar-refractivity contribution in [3.8, 4) is 0 Å². The first-order valence-electron chi connectivity index (χ1n) is 6.11. The fourth-order valence-electron chi connectivity index (χ4n) is 1.82. The van der Waals surface area contributed by atoms with Crippen LogP contribution in [0.3, 0.4) is 0 Å². The van der Waals surface area contributed by atoms with Crippen molar-refractivity contribution >= 4 is 11.4 Å². The molecule has 0 aliphatic heterocycles. The van der Waals surface area contributed by atoms with Crippen molar-refractivity contribution in [1.29, 1.82) is 0 Å². The predicted molar refractivity (Wildman–Crippen MR) is 68.5 cm³/mol. The zero-order valence-electron chi connectivity index (χ0n) is 10.6. The van der Waals surface area contributed by atoms with E-state index < -0.39 is 11.7 Å². The van der Waals surface area contributed by atoms with Gasteiger partial charge in [-0.05, 0) is 31.0 Å². The third-order valence-corrected chi connectivity index (χ3v) is 2.87.